The van der Waals surface area contributed by atoms with E-state index in [1.54, 1.807) is 0 Å². The minimum Gasteiger partial charge on any atom is -0.480 e. The maximum Gasteiger partial charge on any atom is 0.472 e. The summed E-state index contributed by atoms with van der Waals surface area (Å²) in [7, 11) is -4.71. The van der Waals surface area contributed by atoms with Crippen LogP contribution in [0.4, 0.5) is 0 Å². The van der Waals surface area contributed by atoms with Crippen molar-refractivity contribution in [2.24, 2.45) is 5.73 Å². The Balaban J connectivity index is 4.28. The number of hydrogen-bond acceptors (Lipinski definition) is 9. The van der Waals surface area contributed by atoms with Gasteiger partial charge in [-0.05, 0) is 38.5 Å². The molecule has 0 fully saturated rings. The fourth-order valence-electron chi connectivity index (χ4n) is 6.41. The van der Waals surface area contributed by atoms with Gasteiger partial charge in [-0.1, -0.05) is 180 Å². The number of rotatable bonds is 43. The molecule has 0 radical (unpaired) electrons. The van der Waals surface area contributed by atoms with E-state index >= 15 is 0 Å². The van der Waals surface area contributed by atoms with Crippen LogP contribution in [-0.2, 0) is 37.5 Å². The Morgan fingerprint density at radius 2 is 0.893 bits per heavy atom. The molecule has 0 saturated heterocycles. The first-order valence-electron chi connectivity index (χ1n) is 22.7. The summed E-state index contributed by atoms with van der Waals surface area (Å²) in [4.78, 5) is 45.9. The van der Waals surface area contributed by atoms with Crippen LogP contribution in [0.5, 0.6) is 0 Å². The predicted molar refractivity (Wildman–Crippen MR) is 226 cm³/mol. The third kappa shape index (κ3) is 39.1. The third-order valence-electron chi connectivity index (χ3n) is 10.0. The number of phosphoric acid groups is 1. The highest BCUT2D eigenvalue weighted by molar-refractivity contribution is 7.47. The van der Waals surface area contributed by atoms with Crippen LogP contribution in [-0.4, -0.2) is 59.9 Å². The molecule has 11 nitrogen and oxygen atoms in total. The molecule has 0 spiro atoms. The minimum atomic E-state index is -4.71. The van der Waals surface area contributed by atoms with Gasteiger partial charge in [0, 0.05) is 12.8 Å². The molecule has 3 atom stereocenters. The Labute approximate surface area is 341 Å². The normalized spacial score (nSPS) is 13.8. The highest BCUT2D eigenvalue weighted by atomic mass is 31.2. The monoisotopic (exact) mass is 818 g/mol. The zero-order valence-corrected chi connectivity index (χ0v) is 36.6. The Morgan fingerprint density at radius 1 is 0.536 bits per heavy atom. The van der Waals surface area contributed by atoms with E-state index in [9.17, 15) is 23.8 Å². The molecule has 330 valence electrons. The smallest absolute Gasteiger partial charge is 0.472 e. The van der Waals surface area contributed by atoms with E-state index in [4.69, 9.17) is 24.8 Å². The Morgan fingerprint density at radius 3 is 1.32 bits per heavy atom. The number of nitrogens with two attached hydrogens (primary N) is 1. The quantitative estimate of drug-likeness (QED) is 0.0231. The van der Waals surface area contributed by atoms with Crippen molar-refractivity contribution in [1.29, 1.82) is 0 Å². The summed E-state index contributed by atoms with van der Waals surface area (Å²) in [5.74, 6) is -2.38. The van der Waals surface area contributed by atoms with Crippen LogP contribution in [0.3, 0.4) is 0 Å². The zero-order valence-electron chi connectivity index (χ0n) is 35.7. The molecule has 0 aliphatic heterocycles. The van der Waals surface area contributed by atoms with Crippen molar-refractivity contribution in [3.63, 3.8) is 0 Å². The lowest BCUT2D eigenvalue weighted by molar-refractivity contribution is -0.161. The number of carboxylic acids is 1. The summed E-state index contributed by atoms with van der Waals surface area (Å²) in [6, 6.07) is -1.52. The van der Waals surface area contributed by atoms with E-state index in [-0.39, 0.29) is 19.4 Å². The molecule has 0 heterocycles. The van der Waals surface area contributed by atoms with Crippen LogP contribution in [0.1, 0.15) is 219 Å². The summed E-state index contributed by atoms with van der Waals surface area (Å²) in [5.41, 5.74) is 5.33. The second-order valence-corrected chi connectivity index (χ2v) is 17.0. The second kappa shape index (κ2) is 40.0. The number of unbranched alkanes of at least 4 members (excludes halogenated alkanes) is 27. The molecule has 0 aromatic carbocycles. The highest BCUT2D eigenvalue weighted by Crippen LogP contribution is 2.43. The average molecular weight is 818 g/mol. The number of ether oxygens (including phenoxy) is 2. The SMILES string of the molecule is CCCCCCCC/C=C/CCCCCC(=O)O[C@@H](COC(=O)CCCCCCCCCCCCCCCCCCCCC)COP(=O)(O)OC[C@@H](N)C(=O)O. The van der Waals surface area contributed by atoms with Gasteiger partial charge >= 0.3 is 25.7 Å². The standard InChI is InChI=1S/C44H84NO10P/c1-3-5-7-9-11-13-15-17-18-19-20-21-22-24-25-27-29-31-33-35-42(46)52-37-40(38-53-56(50,51)54-39-41(45)44(48)49)55-43(47)36-34-32-30-28-26-23-16-14-12-10-8-6-4-2/h23,26,40-41H,3-22,24-25,27-39,45H2,1-2H3,(H,48,49)(H,50,51)/b26-23+/t40-,41+/m0/s1. The van der Waals surface area contributed by atoms with Gasteiger partial charge in [-0.25, -0.2) is 4.57 Å². The summed E-state index contributed by atoms with van der Waals surface area (Å²) < 4.78 is 32.7. The van der Waals surface area contributed by atoms with E-state index < -0.39 is 51.1 Å². The summed E-state index contributed by atoms with van der Waals surface area (Å²) in [6.45, 7) is 2.80. The zero-order chi connectivity index (χ0) is 41.4. The molecule has 12 heteroatoms. The van der Waals surface area contributed by atoms with E-state index in [0.29, 0.717) is 12.8 Å². The van der Waals surface area contributed by atoms with E-state index in [1.807, 2.05) is 0 Å². The molecule has 0 aliphatic carbocycles. The number of hydrogen-bond donors (Lipinski definition) is 3. The van der Waals surface area contributed by atoms with Crippen LogP contribution in [0.2, 0.25) is 0 Å². The molecule has 0 amide bonds. The summed E-state index contributed by atoms with van der Waals surface area (Å²) >= 11 is 0. The van der Waals surface area contributed by atoms with Crippen molar-refractivity contribution in [2.45, 2.75) is 231 Å². The van der Waals surface area contributed by atoms with Crippen LogP contribution in [0, 0.1) is 0 Å². The molecule has 1 unspecified atom stereocenters. The van der Waals surface area contributed by atoms with Crippen LogP contribution >= 0.6 is 7.82 Å². The van der Waals surface area contributed by atoms with Gasteiger partial charge in [-0.3, -0.25) is 23.4 Å². The number of carboxylic acid groups (broad SMARTS) is 1. The molecule has 4 N–H and O–H groups in total. The lowest BCUT2D eigenvalue weighted by Crippen LogP contribution is -2.34. The maximum atomic E-state index is 12.6. The first-order valence-corrected chi connectivity index (χ1v) is 24.2. The molecule has 0 aromatic rings. The predicted octanol–water partition coefficient (Wildman–Crippen LogP) is 12.1. The van der Waals surface area contributed by atoms with E-state index in [0.717, 1.165) is 44.9 Å². The molecule has 0 aliphatic rings. The molecule has 56 heavy (non-hydrogen) atoms. The summed E-state index contributed by atoms with van der Waals surface area (Å²) in [6.07, 6.45) is 39.9. The van der Waals surface area contributed by atoms with Crippen molar-refractivity contribution in [1.82, 2.24) is 0 Å². The maximum absolute atomic E-state index is 12.6. The molecular formula is C44H84NO10P. The second-order valence-electron chi connectivity index (χ2n) is 15.5. The minimum absolute atomic E-state index is 0.145. The van der Waals surface area contributed by atoms with Gasteiger partial charge < -0.3 is 25.2 Å². The van der Waals surface area contributed by atoms with Crippen LogP contribution in [0.25, 0.3) is 0 Å². The molecule has 0 aromatic heterocycles. The molecular weight excluding hydrogens is 733 g/mol. The van der Waals surface area contributed by atoms with E-state index in [1.165, 1.54) is 135 Å². The fourth-order valence-corrected chi connectivity index (χ4v) is 7.19. The van der Waals surface area contributed by atoms with Crippen molar-refractivity contribution >= 4 is 25.7 Å². The Bertz CT molecular complexity index is 1010. The fraction of sp³-hybridized carbons (Fsp3) is 0.886. The third-order valence-corrected chi connectivity index (χ3v) is 11.0. The lowest BCUT2D eigenvalue weighted by atomic mass is 10.0. The van der Waals surface area contributed by atoms with Crippen LogP contribution in [0.15, 0.2) is 12.2 Å². The molecule has 0 saturated carbocycles. The van der Waals surface area contributed by atoms with Gasteiger partial charge in [0.05, 0.1) is 13.2 Å². The molecule has 0 bridgehead atoms. The average Bonchev–Trinajstić information content (AvgIpc) is 3.17. The van der Waals surface area contributed by atoms with Gasteiger partial charge in [0.25, 0.3) is 0 Å². The first kappa shape index (κ1) is 54.2. The van der Waals surface area contributed by atoms with Gasteiger partial charge in [-0.2, -0.15) is 0 Å². The van der Waals surface area contributed by atoms with Crippen LogP contribution < -0.4 is 5.73 Å². The van der Waals surface area contributed by atoms with Gasteiger partial charge in [0.1, 0.15) is 12.6 Å². The first-order chi connectivity index (χ1) is 27.1. The highest BCUT2D eigenvalue weighted by Gasteiger charge is 2.28. The van der Waals surface area contributed by atoms with Gasteiger partial charge in [0.15, 0.2) is 6.10 Å². The number of carbonyl (C=O) groups excluding carboxylic acids is 2. The largest absolute Gasteiger partial charge is 0.480 e. The molecule has 0 rings (SSSR count). The van der Waals surface area contributed by atoms with Crippen molar-refractivity contribution in [3.05, 3.63) is 12.2 Å². The topological polar surface area (TPSA) is 172 Å². The van der Waals surface area contributed by atoms with Gasteiger partial charge in [-0.15, -0.1) is 0 Å². The van der Waals surface area contributed by atoms with Crippen molar-refractivity contribution < 1.29 is 47.5 Å². The number of carbonyl (C=O) groups is 3. The number of phosphoric ester groups is 1. The number of allylic oxidation sites excluding steroid dienone is 2. The lowest BCUT2D eigenvalue weighted by Gasteiger charge is -2.20. The van der Waals surface area contributed by atoms with Gasteiger partial charge in [0.2, 0.25) is 0 Å². The van der Waals surface area contributed by atoms with Crippen molar-refractivity contribution in [3.8, 4) is 0 Å². The number of aliphatic carboxylic acids is 1. The van der Waals surface area contributed by atoms with Crippen molar-refractivity contribution in [2.75, 3.05) is 19.8 Å². The van der Waals surface area contributed by atoms with E-state index in [2.05, 4.69) is 30.5 Å². The summed E-state index contributed by atoms with van der Waals surface area (Å²) in [5, 5.41) is 8.89. The Kier molecular flexibility index (Phi) is 38.7. The Hall–Kier alpha value is -1.78. The number of esters is 2.